The van der Waals surface area contributed by atoms with E-state index in [2.05, 4.69) is 22.2 Å². The van der Waals surface area contributed by atoms with Gasteiger partial charge in [0.1, 0.15) is 0 Å². The summed E-state index contributed by atoms with van der Waals surface area (Å²) < 4.78 is 40.1. The molecule has 0 radical (unpaired) electrons. The lowest BCUT2D eigenvalue weighted by atomic mass is 10.4. The van der Waals surface area contributed by atoms with Gasteiger partial charge in [0.2, 0.25) is 7.51 Å². The molecule has 10 heteroatoms. The molecule has 2 aromatic carbocycles. The van der Waals surface area contributed by atoms with Crippen LogP contribution in [0.1, 0.15) is 0 Å². The molecule has 1 spiro atoms. The van der Waals surface area contributed by atoms with Crippen molar-refractivity contribution in [3.63, 3.8) is 0 Å². The van der Waals surface area contributed by atoms with Gasteiger partial charge < -0.3 is 0 Å². The smallest absolute Gasteiger partial charge is 0.231 e. The summed E-state index contributed by atoms with van der Waals surface area (Å²) in [7, 11) is -9.13. The van der Waals surface area contributed by atoms with Crippen LogP contribution < -0.4 is 10.2 Å². The van der Waals surface area contributed by atoms with Gasteiger partial charge >= 0.3 is 0 Å². The normalized spacial score (nSPS) is 31.0. The summed E-state index contributed by atoms with van der Waals surface area (Å²) in [6, 6.07) is 17.5. The van der Waals surface area contributed by atoms with E-state index in [1.165, 1.54) is 0 Å². The first-order chi connectivity index (χ1) is 11.5. The Morgan fingerprint density at radius 3 is 1.83 bits per heavy atom. The van der Waals surface area contributed by atoms with Crippen LogP contribution in [-0.2, 0) is 19.8 Å². The van der Waals surface area contributed by atoms with Crippen LogP contribution in [-0.4, -0.2) is 21.5 Å². The van der Waals surface area contributed by atoms with E-state index in [-0.39, 0.29) is 0 Å². The lowest BCUT2D eigenvalue weighted by Crippen LogP contribution is -2.15. The zero-order chi connectivity index (χ0) is 16.7. The zero-order valence-corrected chi connectivity index (χ0v) is 15.1. The van der Waals surface area contributed by atoms with E-state index < -0.39 is 27.3 Å². The summed E-state index contributed by atoms with van der Waals surface area (Å²) in [5, 5.41) is 6.34. The lowest BCUT2D eigenvalue weighted by Gasteiger charge is -2.21. The first kappa shape index (κ1) is 16.0. The minimum Gasteiger partial charge on any atom is -0.251 e. The Hall–Kier alpha value is -1.51. The van der Waals surface area contributed by atoms with Crippen LogP contribution in [0.4, 0.5) is 0 Å². The highest BCUT2D eigenvalue weighted by molar-refractivity contribution is 8.08. The van der Waals surface area contributed by atoms with Gasteiger partial charge in [-0.1, -0.05) is 40.2 Å². The van der Waals surface area contributed by atoms with Crippen molar-refractivity contribution in [3.8, 4) is 0 Å². The predicted molar refractivity (Wildman–Crippen MR) is 95.9 cm³/mol. The Bertz CT molecular complexity index is 1010. The molecule has 0 aliphatic carbocycles. The van der Waals surface area contributed by atoms with Gasteiger partial charge in [-0.2, -0.15) is 0 Å². The maximum absolute atomic E-state index is 13.5. The molecule has 1 fully saturated rings. The standard InChI is InChI=1S/C14H16N5O2PS2/c20-23(13-7-3-1-4-8-13)17-22(15-11-12-16-22)18-24(21,19-23)14-9-5-2-6-10-14/h1-10,15-16H,11-12H2/t23-,24-/m0/s1. The number of hydrogen-bond acceptors (Lipinski definition) is 5. The first-order valence-corrected chi connectivity index (χ1v) is 12.0. The van der Waals surface area contributed by atoms with E-state index in [0.29, 0.717) is 22.9 Å². The first-order valence-electron chi connectivity index (χ1n) is 7.35. The number of nitrogens with one attached hydrogen (secondary N) is 2. The van der Waals surface area contributed by atoms with Crippen LogP contribution in [0.25, 0.3) is 0 Å². The fourth-order valence-electron chi connectivity index (χ4n) is 2.47. The van der Waals surface area contributed by atoms with Crippen LogP contribution in [0.2, 0.25) is 0 Å². The molecule has 2 aliphatic rings. The lowest BCUT2D eigenvalue weighted by molar-refractivity contribution is 0.672. The topological polar surface area (TPSA) is 95.3 Å². The summed E-state index contributed by atoms with van der Waals surface area (Å²) in [6.45, 7) is 1.27. The highest BCUT2D eigenvalue weighted by Crippen LogP contribution is 2.52. The van der Waals surface area contributed by atoms with Crippen molar-refractivity contribution >= 4 is 27.3 Å². The van der Waals surface area contributed by atoms with Gasteiger partial charge in [0.15, 0.2) is 19.8 Å². The molecule has 2 aromatic rings. The molecule has 2 heterocycles. The third kappa shape index (κ3) is 2.72. The molecule has 0 saturated carbocycles. The molecule has 1 saturated heterocycles. The number of benzene rings is 2. The van der Waals surface area contributed by atoms with Gasteiger partial charge in [-0.3, -0.25) is 10.2 Å². The highest BCUT2D eigenvalue weighted by Gasteiger charge is 2.34. The summed E-state index contributed by atoms with van der Waals surface area (Å²) in [5.74, 6) is 0. The van der Waals surface area contributed by atoms with Crippen molar-refractivity contribution in [3.05, 3.63) is 60.7 Å². The van der Waals surface area contributed by atoms with E-state index in [9.17, 15) is 8.42 Å². The van der Waals surface area contributed by atoms with E-state index >= 15 is 0 Å². The van der Waals surface area contributed by atoms with Gasteiger partial charge in [-0.25, -0.2) is 8.42 Å². The summed E-state index contributed by atoms with van der Waals surface area (Å²) >= 11 is 0. The molecule has 0 unspecified atom stereocenters. The minimum absolute atomic E-state index is 0.443. The second kappa shape index (κ2) is 5.79. The quantitative estimate of drug-likeness (QED) is 0.782. The molecular formula is C14H16N5O2PS2. The Balaban J connectivity index is 2.06. The monoisotopic (exact) mass is 381 g/mol. The third-order valence-electron chi connectivity index (χ3n) is 3.55. The molecule has 0 amide bonds. The molecule has 0 aromatic heterocycles. The highest BCUT2D eigenvalue weighted by atomic mass is 32.3. The van der Waals surface area contributed by atoms with Gasteiger partial charge in [0, 0.05) is 13.1 Å². The molecule has 0 bridgehead atoms. The summed E-state index contributed by atoms with van der Waals surface area (Å²) in [6.07, 6.45) is 0. The van der Waals surface area contributed by atoms with Gasteiger partial charge in [0.05, 0.1) is 9.79 Å². The summed E-state index contributed by atoms with van der Waals surface area (Å²) in [5.41, 5.74) is 0. The second-order valence-electron chi connectivity index (χ2n) is 5.27. The van der Waals surface area contributed by atoms with Gasteiger partial charge in [-0.15, -0.1) is 8.28 Å². The maximum atomic E-state index is 13.5. The third-order valence-corrected chi connectivity index (χ3v) is 11.9. The fraction of sp³-hybridized carbons (Fsp3) is 0.143. The Labute approximate surface area is 141 Å². The average Bonchev–Trinajstić information content (AvgIpc) is 3.02. The van der Waals surface area contributed by atoms with Crippen molar-refractivity contribution in [2.75, 3.05) is 13.1 Å². The van der Waals surface area contributed by atoms with Crippen LogP contribution in [0, 0.1) is 0 Å². The predicted octanol–water partition coefficient (Wildman–Crippen LogP) is 3.02. The van der Waals surface area contributed by atoms with Crippen LogP contribution in [0.15, 0.2) is 82.5 Å². The second-order valence-corrected chi connectivity index (χ2v) is 11.9. The number of hydrogen-bond donors (Lipinski definition) is 2. The van der Waals surface area contributed by atoms with Crippen LogP contribution in [0.3, 0.4) is 0 Å². The van der Waals surface area contributed by atoms with Crippen molar-refractivity contribution < 1.29 is 8.42 Å². The van der Waals surface area contributed by atoms with E-state index in [4.69, 9.17) is 0 Å². The van der Waals surface area contributed by atoms with Crippen LogP contribution in [0.5, 0.6) is 0 Å². The molecular weight excluding hydrogens is 365 g/mol. The van der Waals surface area contributed by atoms with Crippen LogP contribution >= 0.6 is 7.51 Å². The Morgan fingerprint density at radius 2 is 1.29 bits per heavy atom. The van der Waals surface area contributed by atoms with Crippen molar-refractivity contribution in [2.45, 2.75) is 9.79 Å². The molecule has 2 N–H and O–H groups in total. The minimum atomic E-state index is -3.21. The van der Waals surface area contributed by atoms with Crippen molar-refractivity contribution in [1.82, 2.24) is 10.2 Å². The van der Waals surface area contributed by atoms with E-state index in [0.717, 1.165) is 0 Å². The number of nitrogens with zero attached hydrogens (tertiary/aromatic N) is 3. The summed E-state index contributed by atoms with van der Waals surface area (Å²) in [4.78, 5) is 0.886. The maximum Gasteiger partial charge on any atom is 0.231 e. The molecule has 2 atom stereocenters. The molecule has 2 aliphatic heterocycles. The molecule has 7 nitrogen and oxygen atoms in total. The zero-order valence-electron chi connectivity index (χ0n) is 12.6. The SMILES string of the molecule is O=[S@@]1(c2ccccc2)=NP2(=N[S@@](=O)(c3ccccc3)=N1)NCCN2. The average molecular weight is 381 g/mol. The van der Waals surface area contributed by atoms with Gasteiger partial charge in [0.25, 0.3) is 0 Å². The molecule has 24 heavy (non-hydrogen) atoms. The Kier molecular flexibility index (Phi) is 3.85. The molecule has 126 valence electrons. The van der Waals surface area contributed by atoms with Crippen molar-refractivity contribution in [2.24, 2.45) is 12.1 Å². The Morgan fingerprint density at radius 1 is 0.792 bits per heavy atom. The van der Waals surface area contributed by atoms with Crippen molar-refractivity contribution in [1.29, 1.82) is 0 Å². The van der Waals surface area contributed by atoms with Gasteiger partial charge in [-0.05, 0) is 24.3 Å². The number of rotatable bonds is 2. The van der Waals surface area contributed by atoms with E-state index in [1.807, 2.05) is 12.1 Å². The van der Waals surface area contributed by atoms with E-state index in [1.54, 1.807) is 48.5 Å². The largest absolute Gasteiger partial charge is 0.251 e. The molecule has 4 rings (SSSR count). The fourth-order valence-corrected chi connectivity index (χ4v) is 11.6.